The molecule has 2 aliphatic carbocycles. The molecule has 1 spiro atoms. The van der Waals surface area contributed by atoms with Gasteiger partial charge in [-0.15, -0.1) is 28.6 Å². The van der Waals surface area contributed by atoms with Gasteiger partial charge in [0.1, 0.15) is 11.5 Å². The number of aliphatic imine (C=N–C) groups is 1. The van der Waals surface area contributed by atoms with Crippen LogP contribution in [0.3, 0.4) is 0 Å². The average Bonchev–Trinajstić information content (AvgIpc) is 3.69. The SMILES string of the molecule is CC#Cc1ccc(-c2ccc(C(=O)[C@@H]3CC[C@H]([C@@H](Cc4cc(O)cc(O)c4)NC(N)=NC)CC34CCCC4)s2)s1. The Morgan fingerprint density at radius 1 is 1.10 bits per heavy atom. The smallest absolute Gasteiger partial charge is 0.188 e. The summed E-state index contributed by atoms with van der Waals surface area (Å²) in [6, 6.07) is 12.9. The van der Waals surface area contributed by atoms with E-state index in [1.807, 2.05) is 19.1 Å². The van der Waals surface area contributed by atoms with Gasteiger partial charge < -0.3 is 21.3 Å². The van der Waals surface area contributed by atoms with Crippen LogP contribution in [-0.2, 0) is 6.42 Å². The Bertz CT molecular complexity index is 1430. The molecule has 2 heterocycles. The summed E-state index contributed by atoms with van der Waals surface area (Å²) >= 11 is 3.27. The van der Waals surface area contributed by atoms with Crippen LogP contribution in [0.5, 0.6) is 11.5 Å². The van der Waals surface area contributed by atoms with Gasteiger partial charge in [-0.25, -0.2) is 0 Å². The third kappa shape index (κ3) is 6.06. The highest BCUT2D eigenvalue weighted by Gasteiger charge is 2.50. The zero-order valence-corrected chi connectivity index (χ0v) is 24.7. The minimum atomic E-state index is -0.0222. The van der Waals surface area contributed by atoms with Gasteiger partial charge in [-0.1, -0.05) is 18.8 Å². The van der Waals surface area contributed by atoms with Crippen molar-refractivity contribution in [2.45, 2.75) is 64.3 Å². The number of hydrogen-bond donors (Lipinski definition) is 4. The van der Waals surface area contributed by atoms with Gasteiger partial charge in [0.05, 0.1) is 9.75 Å². The van der Waals surface area contributed by atoms with Crippen LogP contribution < -0.4 is 11.1 Å². The molecule has 5 rings (SSSR count). The van der Waals surface area contributed by atoms with Crippen molar-refractivity contribution < 1.29 is 15.0 Å². The van der Waals surface area contributed by atoms with Gasteiger partial charge in [0.25, 0.3) is 0 Å². The van der Waals surface area contributed by atoms with E-state index in [1.54, 1.807) is 41.9 Å². The van der Waals surface area contributed by atoms with E-state index in [1.165, 1.54) is 6.07 Å². The molecule has 0 aliphatic heterocycles. The maximum atomic E-state index is 14.1. The van der Waals surface area contributed by atoms with E-state index < -0.39 is 0 Å². The van der Waals surface area contributed by atoms with E-state index in [9.17, 15) is 15.0 Å². The molecule has 210 valence electrons. The summed E-state index contributed by atoms with van der Waals surface area (Å²) in [6.45, 7) is 1.84. The zero-order valence-electron chi connectivity index (χ0n) is 23.1. The quantitative estimate of drug-likeness (QED) is 0.110. The maximum absolute atomic E-state index is 14.1. The Kier molecular flexibility index (Phi) is 8.53. The van der Waals surface area contributed by atoms with Crippen molar-refractivity contribution >= 4 is 34.4 Å². The van der Waals surface area contributed by atoms with Gasteiger partial charge in [0.15, 0.2) is 11.7 Å². The number of nitrogens with zero attached hydrogens (tertiary/aromatic N) is 1. The number of carbonyl (C=O) groups is 1. The summed E-state index contributed by atoms with van der Waals surface area (Å²) in [7, 11) is 1.66. The van der Waals surface area contributed by atoms with Gasteiger partial charge in [-0.3, -0.25) is 9.79 Å². The lowest BCUT2D eigenvalue weighted by molar-refractivity contribution is 0.0411. The normalized spacial score (nSPS) is 21.1. The molecule has 2 aromatic heterocycles. The van der Waals surface area contributed by atoms with E-state index in [4.69, 9.17) is 5.73 Å². The highest BCUT2D eigenvalue weighted by Crippen LogP contribution is 2.56. The molecule has 0 amide bonds. The van der Waals surface area contributed by atoms with E-state index in [0.717, 1.165) is 70.0 Å². The lowest BCUT2D eigenvalue weighted by Gasteiger charge is -2.46. The van der Waals surface area contributed by atoms with Crippen LogP contribution in [0.4, 0.5) is 0 Å². The number of phenols is 2. The molecule has 0 radical (unpaired) electrons. The van der Waals surface area contributed by atoms with Gasteiger partial charge in [0, 0.05) is 34.8 Å². The molecular weight excluding hydrogens is 539 g/mol. The molecule has 6 nitrogen and oxygen atoms in total. The topological polar surface area (TPSA) is 108 Å². The molecule has 1 aromatic carbocycles. The number of thiophene rings is 2. The Hall–Kier alpha value is -3.28. The summed E-state index contributed by atoms with van der Waals surface area (Å²) in [5, 5.41) is 23.5. The predicted molar refractivity (Wildman–Crippen MR) is 164 cm³/mol. The van der Waals surface area contributed by atoms with Crippen molar-refractivity contribution in [3.05, 3.63) is 57.8 Å². The fourth-order valence-electron chi connectivity index (χ4n) is 6.89. The molecule has 0 bridgehead atoms. The van der Waals surface area contributed by atoms with Crippen molar-refractivity contribution in [2.24, 2.45) is 28.0 Å². The van der Waals surface area contributed by atoms with Crippen LogP contribution >= 0.6 is 22.7 Å². The number of Topliss-reactive ketones (excluding diaryl/α,β-unsaturated/α-hetero) is 1. The van der Waals surface area contributed by atoms with Crippen LogP contribution in [-0.4, -0.2) is 35.0 Å². The predicted octanol–water partition coefficient (Wildman–Crippen LogP) is 6.56. The number of benzene rings is 1. The second kappa shape index (κ2) is 12.1. The number of ketones is 1. The number of nitrogens with two attached hydrogens (primary N) is 1. The van der Waals surface area contributed by atoms with Crippen LogP contribution in [0.15, 0.2) is 47.5 Å². The third-order valence-electron chi connectivity index (χ3n) is 8.66. The highest BCUT2D eigenvalue weighted by atomic mass is 32.1. The Morgan fingerprint density at radius 3 is 2.50 bits per heavy atom. The van der Waals surface area contributed by atoms with E-state index >= 15 is 0 Å². The van der Waals surface area contributed by atoms with Crippen molar-refractivity contribution in [3.8, 4) is 33.1 Å². The van der Waals surface area contributed by atoms with Crippen LogP contribution in [0.1, 0.15) is 72.0 Å². The molecule has 2 fully saturated rings. The van der Waals surface area contributed by atoms with E-state index in [-0.39, 0.29) is 34.8 Å². The molecule has 2 aliphatic rings. The second-order valence-electron chi connectivity index (χ2n) is 11.2. The van der Waals surface area contributed by atoms with Crippen molar-refractivity contribution in [2.75, 3.05) is 7.05 Å². The third-order valence-corrected chi connectivity index (χ3v) is 11.0. The molecule has 0 unspecified atom stereocenters. The molecule has 5 N–H and O–H groups in total. The molecule has 40 heavy (non-hydrogen) atoms. The first-order chi connectivity index (χ1) is 19.3. The van der Waals surface area contributed by atoms with Gasteiger partial charge in [-0.05, 0) is 98.7 Å². The summed E-state index contributed by atoms with van der Waals surface area (Å²) in [5.41, 5.74) is 6.96. The standard InChI is InChI=1S/C32H37N3O3S2/c1-3-6-24-8-10-27(39-24)28-11-12-29(40-28)30(38)25-9-7-21(19-32(25)13-4-5-14-32)26(35-31(33)34-2)17-20-15-22(36)18-23(37)16-20/h8,10-12,15-16,18,21,25-26,36-37H,4-5,7,9,13-14,17,19H2,1-2H3,(H3,33,34,35)/t21-,25-,26+/m0/s1. The first-order valence-electron chi connectivity index (χ1n) is 14.0. The first-order valence-corrected chi connectivity index (χ1v) is 15.6. The van der Waals surface area contributed by atoms with Crippen LogP contribution in [0.2, 0.25) is 0 Å². The largest absolute Gasteiger partial charge is 0.508 e. The van der Waals surface area contributed by atoms with Crippen molar-refractivity contribution in [3.63, 3.8) is 0 Å². The summed E-state index contributed by atoms with van der Waals surface area (Å²) in [6.07, 6.45) is 7.73. The number of phenolic OH excluding ortho intramolecular Hbond substituents is 2. The number of hydrogen-bond acceptors (Lipinski definition) is 6. The van der Waals surface area contributed by atoms with Crippen LogP contribution in [0.25, 0.3) is 9.75 Å². The minimum Gasteiger partial charge on any atom is -0.508 e. The average molecular weight is 576 g/mol. The van der Waals surface area contributed by atoms with Gasteiger partial charge >= 0.3 is 0 Å². The summed E-state index contributed by atoms with van der Waals surface area (Å²) in [4.78, 5) is 22.4. The number of carbonyl (C=O) groups excluding carboxylic acids is 1. The minimum absolute atomic E-state index is 0.0179. The Labute approximate surface area is 244 Å². The Morgan fingerprint density at radius 2 is 1.80 bits per heavy atom. The first kappa shape index (κ1) is 28.3. The van der Waals surface area contributed by atoms with Crippen molar-refractivity contribution in [1.29, 1.82) is 0 Å². The number of nitrogens with one attached hydrogen (secondary N) is 1. The molecular formula is C32H37N3O3S2. The van der Waals surface area contributed by atoms with Gasteiger partial charge in [0.2, 0.25) is 0 Å². The van der Waals surface area contributed by atoms with Gasteiger partial charge in [-0.2, -0.15) is 0 Å². The maximum Gasteiger partial charge on any atom is 0.188 e. The lowest BCUT2D eigenvalue weighted by atomic mass is 9.59. The second-order valence-corrected chi connectivity index (χ2v) is 13.3. The van der Waals surface area contributed by atoms with E-state index in [2.05, 4.69) is 34.3 Å². The zero-order chi connectivity index (χ0) is 28.3. The highest BCUT2D eigenvalue weighted by molar-refractivity contribution is 7.23. The fraction of sp³-hybridized carbons (Fsp3) is 0.438. The lowest BCUT2D eigenvalue weighted by Crippen LogP contribution is -2.50. The fourth-order valence-corrected chi connectivity index (χ4v) is 8.89. The Balaban J connectivity index is 1.37. The molecule has 0 saturated heterocycles. The molecule has 8 heteroatoms. The monoisotopic (exact) mass is 575 g/mol. The summed E-state index contributed by atoms with van der Waals surface area (Å²) < 4.78 is 0. The van der Waals surface area contributed by atoms with Crippen LogP contribution in [0, 0.1) is 29.1 Å². The van der Waals surface area contributed by atoms with E-state index in [0.29, 0.717) is 18.2 Å². The number of rotatable bonds is 7. The number of aromatic hydroxyl groups is 2. The molecule has 3 aromatic rings. The molecule has 2 saturated carbocycles. The number of guanidine groups is 1. The molecule has 3 atom stereocenters. The van der Waals surface area contributed by atoms with Crippen molar-refractivity contribution in [1.82, 2.24) is 5.32 Å². The summed E-state index contributed by atoms with van der Waals surface area (Å²) in [5.74, 6) is 7.13.